The summed E-state index contributed by atoms with van der Waals surface area (Å²) in [6.07, 6.45) is 1.65. The minimum atomic E-state index is -0.0941. The van der Waals surface area contributed by atoms with Crippen molar-refractivity contribution in [2.45, 2.75) is 13.0 Å². The normalized spacial score (nSPS) is 11.6. The predicted octanol–water partition coefficient (Wildman–Crippen LogP) is 1.36. The first kappa shape index (κ1) is 13.3. The average Bonchev–Trinajstić information content (AvgIpc) is 2.36. The number of nitrogens with one attached hydrogen (secondary N) is 2. The van der Waals surface area contributed by atoms with Gasteiger partial charge in [-0.05, 0) is 31.2 Å². The number of hydrogen-bond donors (Lipinski definition) is 3. The third-order valence-corrected chi connectivity index (χ3v) is 2.32. The smallest absolute Gasteiger partial charge is 0.251 e. The van der Waals surface area contributed by atoms with Gasteiger partial charge in [0.15, 0.2) is 0 Å². The largest absolute Gasteiger partial charge is 0.381 e. The van der Waals surface area contributed by atoms with Gasteiger partial charge in [-0.15, -0.1) is 6.58 Å². The summed E-state index contributed by atoms with van der Waals surface area (Å²) in [6, 6.07) is 7.52. The highest BCUT2D eigenvalue weighted by molar-refractivity contribution is 5.94. The summed E-state index contributed by atoms with van der Waals surface area (Å²) < 4.78 is 0. The van der Waals surface area contributed by atoms with Crippen molar-refractivity contribution in [3.05, 3.63) is 42.5 Å². The second kappa shape index (κ2) is 6.70. The topological polar surface area (TPSA) is 67.2 Å². The van der Waals surface area contributed by atoms with Gasteiger partial charge >= 0.3 is 0 Å². The van der Waals surface area contributed by atoms with Gasteiger partial charge in [0.05, 0.1) is 0 Å². The van der Waals surface area contributed by atoms with Crippen molar-refractivity contribution in [1.82, 2.24) is 5.32 Å². The van der Waals surface area contributed by atoms with E-state index in [1.807, 2.05) is 19.1 Å². The van der Waals surface area contributed by atoms with E-state index in [-0.39, 0.29) is 11.9 Å². The van der Waals surface area contributed by atoms with Gasteiger partial charge in [0.1, 0.15) is 0 Å². The molecule has 0 heterocycles. The first-order valence-electron chi connectivity index (χ1n) is 5.63. The third-order valence-electron chi connectivity index (χ3n) is 2.32. The lowest BCUT2D eigenvalue weighted by molar-refractivity contribution is 0.0958. The number of carbonyl (C=O) groups is 1. The van der Waals surface area contributed by atoms with E-state index < -0.39 is 0 Å². The lowest BCUT2D eigenvalue weighted by Gasteiger charge is -2.13. The second-order valence-electron chi connectivity index (χ2n) is 3.86. The Balaban J connectivity index is 2.61. The summed E-state index contributed by atoms with van der Waals surface area (Å²) in [5.74, 6) is -0.0941. The van der Waals surface area contributed by atoms with Crippen molar-refractivity contribution < 1.29 is 4.79 Å². The van der Waals surface area contributed by atoms with Gasteiger partial charge < -0.3 is 16.4 Å². The molecule has 0 fully saturated rings. The van der Waals surface area contributed by atoms with E-state index in [1.165, 1.54) is 0 Å². The summed E-state index contributed by atoms with van der Waals surface area (Å²) in [6.45, 7) is 6.60. The molecule has 1 rings (SSSR count). The Morgan fingerprint density at radius 3 is 2.65 bits per heavy atom. The van der Waals surface area contributed by atoms with E-state index in [1.54, 1.807) is 18.2 Å². The Morgan fingerprint density at radius 1 is 1.47 bits per heavy atom. The van der Waals surface area contributed by atoms with Crippen LogP contribution < -0.4 is 16.4 Å². The van der Waals surface area contributed by atoms with Crippen LogP contribution in [-0.2, 0) is 0 Å². The molecule has 0 bridgehead atoms. The number of nitrogens with two attached hydrogens (primary N) is 1. The molecule has 1 aromatic rings. The standard InChI is InChI=1S/C13H19N3O/c1-3-8-15-13(17)11-4-6-12(7-5-11)16-10(2)9-14/h3-7,10,16H,1,8-9,14H2,2H3,(H,15,17). The van der Waals surface area contributed by atoms with Crippen LogP contribution in [0.2, 0.25) is 0 Å². The van der Waals surface area contributed by atoms with Gasteiger partial charge in [-0.2, -0.15) is 0 Å². The monoisotopic (exact) mass is 233 g/mol. The third kappa shape index (κ3) is 4.28. The SMILES string of the molecule is C=CCNC(=O)c1ccc(NC(C)CN)cc1. The van der Waals surface area contributed by atoms with Crippen LogP contribution >= 0.6 is 0 Å². The highest BCUT2D eigenvalue weighted by atomic mass is 16.1. The molecule has 17 heavy (non-hydrogen) atoms. The van der Waals surface area contributed by atoms with Crippen LogP contribution in [0, 0.1) is 0 Å². The Labute approximate surface area is 102 Å². The summed E-state index contributed by atoms with van der Waals surface area (Å²) in [7, 11) is 0. The van der Waals surface area contributed by atoms with Crippen molar-refractivity contribution >= 4 is 11.6 Å². The van der Waals surface area contributed by atoms with Gasteiger partial charge in [0, 0.05) is 30.4 Å². The second-order valence-corrected chi connectivity index (χ2v) is 3.86. The Kier molecular flexibility index (Phi) is 5.23. The summed E-state index contributed by atoms with van der Waals surface area (Å²) in [4.78, 5) is 11.6. The molecule has 1 unspecified atom stereocenters. The van der Waals surface area contributed by atoms with Crippen LogP contribution in [0.1, 0.15) is 17.3 Å². The van der Waals surface area contributed by atoms with Crippen LogP contribution in [0.4, 0.5) is 5.69 Å². The maximum absolute atomic E-state index is 11.6. The molecule has 1 amide bonds. The number of rotatable bonds is 6. The lowest BCUT2D eigenvalue weighted by Crippen LogP contribution is -2.25. The van der Waals surface area contributed by atoms with Crippen molar-refractivity contribution in [3.8, 4) is 0 Å². The molecule has 0 aromatic heterocycles. The minimum absolute atomic E-state index is 0.0941. The lowest BCUT2D eigenvalue weighted by atomic mass is 10.2. The van der Waals surface area contributed by atoms with E-state index in [0.717, 1.165) is 5.69 Å². The molecular formula is C13H19N3O. The van der Waals surface area contributed by atoms with Crippen molar-refractivity contribution in [1.29, 1.82) is 0 Å². The predicted molar refractivity (Wildman–Crippen MR) is 71.1 cm³/mol. The van der Waals surface area contributed by atoms with E-state index in [4.69, 9.17) is 5.73 Å². The molecule has 4 nitrogen and oxygen atoms in total. The zero-order valence-corrected chi connectivity index (χ0v) is 10.1. The Bertz CT molecular complexity index is 373. The van der Waals surface area contributed by atoms with E-state index >= 15 is 0 Å². The first-order chi connectivity index (χ1) is 8.17. The fourth-order valence-electron chi connectivity index (χ4n) is 1.33. The molecule has 0 aliphatic rings. The van der Waals surface area contributed by atoms with Crippen molar-refractivity contribution in [3.63, 3.8) is 0 Å². The average molecular weight is 233 g/mol. The van der Waals surface area contributed by atoms with Crippen LogP contribution in [0.25, 0.3) is 0 Å². The molecule has 0 aliphatic carbocycles. The highest BCUT2D eigenvalue weighted by Crippen LogP contribution is 2.10. The molecular weight excluding hydrogens is 214 g/mol. The Hall–Kier alpha value is -1.81. The zero-order chi connectivity index (χ0) is 12.7. The molecule has 0 spiro atoms. The Morgan fingerprint density at radius 2 is 2.12 bits per heavy atom. The summed E-state index contributed by atoms with van der Waals surface area (Å²) in [5.41, 5.74) is 7.12. The molecule has 0 saturated carbocycles. The molecule has 1 atom stereocenters. The van der Waals surface area contributed by atoms with E-state index in [9.17, 15) is 4.79 Å². The van der Waals surface area contributed by atoms with Gasteiger partial charge in [0.25, 0.3) is 5.91 Å². The number of anilines is 1. The molecule has 1 aromatic carbocycles. The van der Waals surface area contributed by atoms with Crippen molar-refractivity contribution in [2.75, 3.05) is 18.4 Å². The summed E-state index contributed by atoms with van der Waals surface area (Å²) in [5, 5.41) is 5.95. The number of amides is 1. The maximum Gasteiger partial charge on any atom is 0.251 e. The van der Waals surface area contributed by atoms with Crippen LogP contribution in [-0.4, -0.2) is 25.0 Å². The molecule has 4 N–H and O–H groups in total. The van der Waals surface area contributed by atoms with Gasteiger partial charge in [0.2, 0.25) is 0 Å². The van der Waals surface area contributed by atoms with E-state index in [0.29, 0.717) is 18.7 Å². The van der Waals surface area contributed by atoms with Crippen LogP contribution in [0.5, 0.6) is 0 Å². The minimum Gasteiger partial charge on any atom is -0.381 e. The van der Waals surface area contributed by atoms with E-state index in [2.05, 4.69) is 17.2 Å². The fourth-order valence-corrected chi connectivity index (χ4v) is 1.33. The highest BCUT2D eigenvalue weighted by Gasteiger charge is 2.04. The van der Waals surface area contributed by atoms with Gasteiger partial charge in [-0.1, -0.05) is 6.08 Å². The maximum atomic E-state index is 11.6. The first-order valence-corrected chi connectivity index (χ1v) is 5.63. The van der Waals surface area contributed by atoms with Gasteiger partial charge in [-0.3, -0.25) is 4.79 Å². The fraction of sp³-hybridized carbons (Fsp3) is 0.308. The molecule has 0 saturated heterocycles. The van der Waals surface area contributed by atoms with Crippen LogP contribution in [0.15, 0.2) is 36.9 Å². The number of benzene rings is 1. The summed E-state index contributed by atoms with van der Waals surface area (Å²) >= 11 is 0. The molecule has 92 valence electrons. The zero-order valence-electron chi connectivity index (χ0n) is 10.1. The van der Waals surface area contributed by atoms with Crippen LogP contribution in [0.3, 0.4) is 0 Å². The molecule has 4 heteroatoms. The number of carbonyl (C=O) groups excluding carboxylic acids is 1. The van der Waals surface area contributed by atoms with Crippen molar-refractivity contribution in [2.24, 2.45) is 5.73 Å². The van der Waals surface area contributed by atoms with Gasteiger partial charge in [-0.25, -0.2) is 0 Å². The molecule has 0 aliphatic heterocycles. The quantitative estimate of drug-likeness (QED) is 0.650. The molecule has 0 radical (unpaired) electrons. The number of hydrogen-bond acceptors (Lipinski definition) is 3.